The van der Waals surface area contributed by atoms with Crippen LogP contribution in [0.2, 0.25) is 0 Å². The van der Waals surface area contributed by atoms with Gasteiger partial charge in [-0.2, -0.15) is 0 Å². The summed E-state index contributed by atoms with van der Waals surface area (Å²) in [5.74, 6) is 0.769. The molecular weight excluding hydrogens is 328 g/mol. The zero-order chi connectivity index (χ0) is 18.9. The topological polar surface area (TPSA) is 66.8 Å². The summed E-state index contributed by atoms with van der Waals surface area (Å²) < 4.78 is 6.45. The summed E-state index contributed by atoms with van der Waals surface area (Å²) >= 11 is 0. The van der Waals surface area contributed by atoms with Gasteiger partial charge in [-0.1, -0.05) is 33.6 Å². The SMILES string of the molecule is CCCCCc1cc2c(c(O)c1C(=O)O)C1C3[C@@H](CC[C@@]3(C)O2)C1(C)C. The van der Waals surface area contributed by atoms with Crippen LogP contribution >= 0.6 is 0 Å². The lowest BCUT2D eigenvalue weighted by molar-refractivity contribution is -0.121. The number of hydrogen-bond acceptors (Lipinski definition) is 3. The molecule has 4 atom stereocenters. The van der Waals surface area contributed by atoms with Crippen LogP contribution in [0.1, 0.15) is 87.2 Å². The first-order chi connectivity index (χ1) is 12.2. The third kappa shape index (κ3) is 2.17. The Morgan fingerprint density at radius 1 is 1.31 bits per heavy atom. The van der Waals surface area contributed by atoms with E-state index in [-0.39, 0.29) is 28.2 Å². The van der Waals surface area contributed by atoms with Crippen molar-refractivity contribution in [3.8, 4) is 11.5 Å². The normalized spacial score (nSPS) is 33.0. The van der Waals surface area contributed by atoms with Crippen molar-refractivity contribution in [1.82, 2.24) is 0 Å². The van der Waals surface area contributed by atoms with Crippen molar-refractivity contribution < 1.29 is 19.7 Å². The van der Waals surface area contributed by atoms with E-state index in [9.17, 15) is 15.0 Å². The van der Waals surface area contributed by atoms with Gasteiger partial charge in [0.05, 0.1) is 0 Å². The molecule has 2 N–H and O–H groups in total. The lowest BCUT2D eigenvalue weighted by Gasteiger charge is -2.62. The van der Waals surface area contributed by atoms with Gasteiger partial charge in [0.15, 0.2) is 0 Å². The maximum atomic E-state index is 11.9. The van der Waals surface area contributed by atoms with Gasteiger partial charge in [-0.25, -0.2) is 4.79 Å². The Bertz CT molecular complexity index is 766. The number of benzene rings is 1. The number of rotatable bonds is 5. The third-order valence-electron chi connectivity index (χ3n) is 7.51. The molecule has 3 aliphatic rings. The van der Waals surface area contributed by atoms with Crippen LogP contribution in [-0.4, -0.2) is 21.8 Å². The molecular formula is C22H30O4. The summed E-state index contributed by atoms with van der Waals surface area (Å²) in [7, 11) is 0. The Morgan fingerprint density at radius 3 is 2.69 bits per heavy atom. The van der Waals surface area contributed by atoms with Crippen molar-refractivity contribution in [2.45, 2.75) is 77.7 Å². The summed E-state index contributed by atoms with van der Waals surface area (Å²) in [4.78, 5) is 11.9. The lowest BCUT2D eigenvalue weighted by atomic mass is 9.45. The number of ether oxygens (including phenoxy) is 1. The van der Waals surface area contributed by atoms with Crippen LogP contribution in [0.5, 0.6) is 11.5 Å². The fraction of sp³-hybridized carbons (Fsp3) is 0.682. The summed E-state index contributed by atoms with van der Waals surface area (Å²) in [6.45, 7) is 8.84. The Hall–Kier alpha value is -1.71. The van der Waals surface area contributed by atoms with Crippen molar-refractivity contribution >= 4 is 5.97 Å². The van der Waals surface area contributed by atoms with E-state index in [1.807, 2.05) is 6.07 Å². The first-order valence-corrected chi connectivity index (χ1v) is 10.0. The van der Waals surface area contributed by atoms with E-state index in [1.54, 1.807) is 0 Å². The molecule has 1 heterocycles. The number of carboxylic acids is 1. The smallest absolute Gasteiger partial charge is 0.339 e. The van der Waals surface area contributed by atoms with Gasteiger partial charge in [0.25, 0.3) is 0 Å². The van der Waals surface area contributed by atoms with Gasteiger partial charge in [0.2, 0.25) is 0 Å². The van der Waals surface area contributed by atoms with Gasteiger partial charge in [0.1, 0.15) is 22.7 Å². The standard InChI is InChI=1S/C22H30O4/c1-5-6-7-8-12-11-14-16(19(23)15(12)20(24)25)18-17-13(21(18,2)3)9-10-22(17,4)26-14/h11,13,17-18,23H,5-10H2,1-4H3,(H,24,25)/t13-,17?,18?,22-/m1/s1. The Labute approximate surface area is 155 Å². The second kappa shape index (κ2) is 5.64. The van der Waals surface area contributed by atoms with E-state index in [4.69, 9.17) is 4.74 Å². The number of hydrogen-bond donors (Lipinski definition) is 2. The molecule has 0 aromatic heterocycles. The summed E-state index contributed by atoms with van der Waals surface area (Å²) in [6.07, 6.45) is 5.90. The maximum Gasteiger partial charge on any atom is 0.339 e. The van der Waals surface area contributed by atoms with Gasteiger partial charge in [0, 0.05) is 17.4 Å². The number of aryl methyl sites for hydroxylation is 1. The second-order valence-corrected chi connectivity index (χ2v) is 9.32. The number of carbonyl (C=O) groups is 1. The van der Waals surface area contributed by atoms with Crippen molar-refractivity contribution in [3.63, 3.8) is 0 Å². The molecule has 4 nitrogen and oxygen atoms in total. The monoisotopic (exact) mass is 358 g/mol. The first-order valence-electron chi connectivity index (χ1n) is 10.0. The average Bonchev–Trinajstić information content (AvgIpc) is 2.88. The minimum atomic E-state index is -1.04. The van der Waals surface area contributed by atoms with Crippen LogP contribution in [0.4, 0.5) is 0 Å². The Balaban J connectivity index is 1.85. The van der Waals surface area contributed by atoms with Crippen molar-refractivity contribution in [2.75, 3.05) is 0 Å². The van der Waals surface area contributed by atoms with Crippen LogP contribution < -0.4 is 4.74 Å². The van der Waals surface area contributed by atoms with Gasteiger partial charge in [-0.15, -0.1) is 0 Å². The number of unbranched alkanes of at least 4 members (excludes halogenated alkanes) is 2. The second-order valence-electron chi connectivity index (χ2n) is 9.32. The maximum absolute atomic E-state index is 11.9. The van der Waals surface area contributed by atoms with Crippen LogP contribution in [-0.2, 0) is 6.42 Å². The van der Waals surface area contributed by atoms with E-state index in [0.29, 0.717) is 23.8 Å². The molecule has 0 spiro atoms. The molecule has 1 aliphatic heterocycles. The molecule has 0 radical (unpaired) electrons. The molecule has 2 saturated carbocycles. The first kappa shape index (κ1) is 17.7. The molecule has 2 aliphatic carbocycles. The van der Waals surface area contributed by atoms with Crippen molar-refractivity contribution in [1.29, 1.82) is 0 Å². The van der Waals surface area contributed by atoms with E-state index in [0.717, 1.165) is 43.4 Å². The number of fused-ring (bicyclic) bond motifs is 2. The molecule has 1 aromatic carbocycles. The Kier molecular flexibility index (Phi) is 3.84. The minimum Gasteiger partial charge on any atom is -0.507 e. The molecule has 2 unspecified atom stereocenters. The average molecular weight is 358 g/mol. The largest absolute Gasteiger partial charge is 0.507 e. The fourth-order valence-corrected chi connectivity index (χ4v) is 6.23. The number of aromatic carboxylic acids is 1. The molecule has 2 fully saturated rings. The Morgan fingerprint density at radius 2 is 2.04 bits per heavy atom. The van der Waals surface area contributed by atoms with Gasteiger partial charge in [-0.05, 0) is 55.6 Å². The van der Waals surface area contributed by atoms with Gasteiger partial charge in [-0.3, -0.25) is 0 Å². The van der Waals surface area contributed by atoms with E-state index in [1.165, 1.54) is 0 Å². The number of phenols is 1. The summed E-state index contributed by atoms with van der Waals surface area (Å²) in [5, 5.41) is 20.8. The van der Waals surface area contributed by atoms with Crippen LogP contribution in [0.3, 0.4) is 0 Å². The molecule has 142 valence electrons. The van der Waals surface area contributed by atoms with Gasteiger partial charge < -0.3 is 14.9 Å². The van der Waals surface area contributed by atoms with E-state index < -0.39 is 5.97 Å². The van der Waals surface area contributed by atoms with E-state index >= 15 is 0 Å². The molecule has 4 heteroatoms. The molecule has 26 heavy (non-hydrogen) atoms. The fourth-order valence-electron chi connectivity index (χ4n) is 6.23. The molecule has 1 aromatic rings. The molecule has 0 saturated heterocycles. The number of aromatic hydroxyl groups is 1. The van der Waals surface area contributed by atoms with Crippen LogP contribution in [0.15, 0.2) is 6.07 Å². The van der Waals surface area contributed by atoms with Crippen molar-refractivity contribution in [3.05, 3.63) is 22.8 Å². The highest BCUT2D eigenvalue weighted by Gasteiger charge is 2.69. The molecule has 0 bridgehead atoms. The molecule has 0 amide bonds. The van der Waals surface area contributed by atoms with E-state index in [2.05, 4.69) is 27.7 Å². The van der Waals surface area contributed by atoms with Gasteiger partial charge >= 0.3 is 5.97 Å². The zero-order valence-electron chi connectivity index (χ0n) is 16.3. The highest BCUT2D eigenvalue weighted by atomic mass is 16.5. The highest BCUT2D eigenvalue weighted by molar-refractivity contribution is 5.94. The predicted molar refractivity (Wildman–Crippen MR) is 100 cm³/mol. The number of carboxylic acid groups (broad SMARTS) is 1. The summed E-state index contributed by atoms with van der Waals surface area (Å²) in [5.41, 5.74) is 1.42. The quantitative estimate of drug-likeness (QED) is 0.717. The van der Waals surface area contributed by atoms with Crippen LogP contribution in [0, 0.1) is 17.3 Å². The predicted octanol–water partition coefficient (Wildman–Crippen LogP) is 5.12. The minimum absolute atomic E-state index is 0.0491. The molecule has 4 rings (SSSR count). The zero-order valence-corrected chi connectivity index (χ0v) is 16.3. The van der Waals surface area contributed by atoms with Crippen molar-refractivity contribution in [2.24, 2.45) is 17.3 Å². The van der Waals surface area contributed by atoms with Crippen LogP contribution in [0.25, 0.3) is 0 Å². The third-order valence-corrected chi connectivity index (χ3v) is 7.51. The summed E-state index contributed by atoms with van der Waals surface area (Å²) in [6, 6.07) is 1.91. The lowest BCUT2D eigenvalue weighted by Crippen LogP contribution is -2.59. The highest BCUT2D eigenvalue weighted by Crippen LogP contribution is 2.74.